The Morgan fingerprint density at radius 3 is 2.56 bits per heavy atom. The summed E-state index contributed by atoms with van der Waals surface area (Å²) >= 11 is 0. The third-order valence-corrected chi connectivity index (χ3v) is 5.71. The van der Waals surface area contributed by atoms with E-state index in [4.69, 9.17) is 4.52 Å². The van der Waals surface area contributed by atoms with Crippen LogP contribution in [0.1, 0.15) is 60.8 Å². The van der Waals surface area contributed by atoms with Crippen LogP contribution in [0.4, 0.5) is 0 Å². The lowest BCUT2D eigenvalue weighted by molar-refractivity contribution is 0.0536. The van der Waals surface area contributed by atoms with Gasteiger partial charge in [0.15, 0.2) is 0 Å². The van der Waals surface area contributed by atoms with E-state index in [-0.39, 0.29) is 11.9 Å². The third-order valence-electron chi connectivity index (χ3n) is 5.71. The maximum Gasteiger partial charge on any atom is 0.259 e. The standard InChI is InChI=1S/C19H28N4O2/c1-3-16-18(14(2)25-21-16)19(24)23-11-9-22(10-12-23)17(13-20)15-7-5-4-6-8-15/h15,17H,3-12H2,1-2H3/t17-/m1/s1. The summed E-state index contributed by atoms with van der Waals surface area (Å²) in [4.78, 5) is 17.0. The van der Waals surface area contributed by atoms with E-state index >= 15 is 0 Å². The number of piperazine rings is 1. The molecule has 1 aliphatic heterocycles. The van der Waals surface area contributed by atoms with Crippen molar-refractivity contribution in [1.82, 2.24) is 15.0 Å². The monoisotopic (exact) mass is 344 g/mol. The van der Waals surface area contributed by atoms with Crippen molar-refractivity contribution in [2.75, 3.05) is 26.2 Å². The van der Waals surface area contributed by atoms with Crippen LogP contribution in [0.5, 0.6) is 0 Å². The quantitative estimate of drug-likeness (QED) is 0.840. The lowest BCUT2D eigenvalue weighted by Gasteiger charge is -2.40. The minimum absolute atomic E-state index is 0.00100. The predicted octanol–water partition coefficient (Wildman–Crippen LogP) is 2.78. The van der Waals surface area contributed by atoms with Gasteiger partial charge in [-0.05, 0) is 32.1 Å². The van der Waals surface area contributed by atoms with Crippen molar-refractivity contribution in [2.45, 2.75) is 58.4 Å². The molecule has 0 unspecified atom stereocenters. The molecule has 0 radical (unpaired) electrons. The smallest absolute Gasteiger partial charge is 0.259 e. The summed E-state index contributed by atoms with van der Waals surface area (Å²) in [6.07, 6.45) is 6.81. The van der Waals surface area contributed by atoms with Gasteiger partial charge in [-0.25, -0.2) is 0 Å². The van der Waals surface area contributed by atoms with Crippen LogP contribution in [-0.4, -0.2) is 53.1 Å². The van der Waals surface area contributed by atoms with Crippen LogP contribution in [0.15, 0.2) is 4.52 Å². The number of nitriles is 1. The van der Waals surface area contributed by atoms with Crippen molar-refractivity contribution in [3.8, 4) is 6.07 Å². The first-order valence-corrected chi connectivity index (χ1v) is 9.53. The highest BCUT2D eigenvalue weighted by Gasteiger charge is 2.33. The molecule has 0 N–H and O–H groups in total. The van der Waals surface area contributed by atoms with Gasteiger partial charge in [0, 0.05) is 26.2 Å². The van der Waals surface area contributed by atoms with E-state index in [1.807, 2.05) is 11.8 Å². The largest absolute Gasteiger partial charge is 0.361 e. The molecule has 1 saturated carbocycles. The summed E-state index contributed by atoms with van der Waals surface area (Å²) < 4.78 is 5.20. The van der Waals surface area contributed by atoms with Crippen molar-refractivity contribution < 1.29 is 9.32 Å². The summed E-state index contributed by atoms with van der Waals surface area (Å²) in [7, 11) is 0. The molecule has 6 nitrogen and oxygen atoms in total. The first-order chi connectivity index (χ1) is 12.2. The number of nitrogens with zero attached hydrogens (tertiary/aromatic N) is 4. The van der Waals surface area contributed by atoms with E-state index < -0.39 is 0 Å². The summed E-state index contributed by atoms with van der Waals surface area (Å²) in [5.74, 6) is 1.11. The second-order valence-corrected chi connectivity index (χ2v) is 7.21. The maximum absolute atomic E-state index is 12.9. The van der Waals surface area contributed by atoms with Crippen molar-refractivity contribution in [1.29, 1.82) is 5.26 Å². The number of hydrogen-bond donors (Lipinski definition) is 0. The van der Waals surface area contributed by atoms with Gasteiger partial charge in [0.25, 0.3) is 5.91 Å². The van der Waals surface area contributed by atoms with E-state index in [0.29, 0.717) is 36.8 Å². The molecule has 1 saturated heterocycles. The predicted molar refractivity (Wildman–Crippen MR) is 94.1 cm³/mol. The van der Waals surface area contributed by atoms with Crippen LogP contribution < -0.4 is 0 Å². The fraction of sp³-hybridized carbons (Fsp3) is 0.737. The Labute approximate surface area is 149 Å². The van der Waals surface area contributed by atoms with Crippen LogP contribution >= 0.6 is 0 Å². The number of rotatable bonds is 4. The molecule has 2 fully saturated rings. The molecule has 3 rings (SSSR count). The van der Waals surface area contributed by atoms with E-state index in [2.05, 4.69) is 16.1 Å². The molecule has 1 amide bonds. The Hall–Kier alpha value is -1.87. The molecule has 1 aromatic rings. The fourth-order valence-electron chi connectivity index (χ4n) is 4.23. The second-order valence-electron chi connectivity index (χ2n) is 7.21. The van der Waals surface area contributed by atoms with Gasteiger partial charge in [-0.15, -0.1) is 0 Å². The van der Waals surface area contributed by atoms with Gasteiger partial charge in [0.2, 0.25) is 0 Å². The van der Waals surface area contributed by atoms with Crippen LogP contribution in [0.2, 0.25) is 0 Å². The lowest BCUT2D eigenvalue weighted by Crippen LogP contribution is -2.53. The molecule has 0 aromatic carbocycles. The van der Waals surface area contributed by atoms with E-state index in [1.54, 1.807) is 6.92 Å². The highest BCUT2D eigenvalue weighted by Crippen LogP contribution is 2.29. The Morgan fingerprint density at radius 2 is 1.96 bits per heavy atom. The minimum Gasteiger partial charge on any atom is -0.361 e. The van der Waals surface area contributed by atoms with Gasteiger partial charge in [-0.1, -0.05) is 31.3 Å². The average Bonchev–Trinajstić information content (AvgIpc) is 3.04. The average molecular weight is 344 g/mol. The molecule has 1 aromatic heterocycles. The van der Waals surface area contributed by atoms with Crippen LogP contribution in [-0.2, 0) is 6.42 Å². The molecule has 1 aliphatic carbocycles. The van der Waals surface area contributed by atoms with Crippen molar-refractivity contribution >= 4 is 5.91 Å². The van der Waals surface area contributed by atoms with Crippen LogP contribution in [0, 0.1) is 24.2 Å². The third kappa shape index (κ3) is 3.72. The zero-order valence-electron chi connectivity index (χ0n) is 15.3. The highest BCUT2D eigenvalue weighted by atomic mass is 16.5. The number of aryl methyl sites for hydroxylation is 2. The Morgan fingerprint density at radius 1 is 1.28 bits per heavy atom. The molecule has 0 spiro atoms. The van der Waals surface area contributed by atoms with Crippen molar-refractivity contribution in [3.05, 3.63) is 17.0 Å². The fourth-order valence-corrected chi connectivity index (χ4v) is 4.23. The van der Waals surface area contributed by atoms with E-state index in [1.165, 1.54) is 19.3 Å². The Kier molecular flexibility index (Phi) is 5.74. The lowest BCUT2D eigenvalue weighted by atomic mass is 9.83. The van der Waals surface area contributed by atoms with E-state index in [0.717, 1.165) is 31.6 Å². The summed E-state index contributed by atoms with van der Waals surface area (Å²) in [5.41, 5.74) is 1.36. The van der Waals surface area contributed by atoms with Gasteiger partial charge >= 0.3 is 0 Å². The van der Waals surface area contributed by atoms with Gasteiger partial charge < -0.3 is 9.42 Å². The van der Waals surface area contributed by atoms with Crippen LogP contribution in [0.25, 0.3) is 0 Å². The molecule has 25 heavy (non-hydrogen) atoms. The van der Waals surface area contributed by atoms with Crippen molar-refractivity contribution in [2.24, 2.45) is 5.92 Å². The molecule has 0 bridgehead atoms. The van der Waals surface area contributed by atoms with E-state index in [9.17, 15) is 10.1 Å². The maximum atomic E-state index is 12.9. The summed E-state index contributed by atoms with van der Waals surface area (Å²) in [6.45, 7) is 6.64. The van der Waals surface area contributed by atoms with Gasteiger partial charge in [-0.2, -0.15) is 5.26 Å². The minimum atomic E-state index is 0.00100. The Balaban J connectivity index is 1.62. The number of amides is 1. The molecule has 136 valence electrons. The van der Waals surface area contributed by atoms with Crippen LogP contribution in [0.3, 0.4) is 0 Å². The summed E-state index contributed by atoms with van der Waals surface area (Å²) in [6, 6.07) is 2.54. The zero-order chi connectivity index (χ0) is 17.8. The molecule has 2 aliphatic rings. The first-order valence-electron chi connectivity index (χ1n) is 9.53. The topological polar surface area (TPSA) is 73.4 Å². The molecular formula is C19H28N4O2. The zero-order valence-corrected chi connectivity index (χ0v) is 15.3. The van der Waals surface area contributed by atoms with Gasteiger partial charge in [0.1, 0.15) is 17.4 Å². The normalized spacial score (nSPS) is 21.1. The van der Waals surface area contributed by atoms with Crippen molar-refractivity contribution in [3.63, 3.8) is 0 Å². The number of hydrogen-bond acceptors (Lipinski definition) is 5. The number of aromatic nitrogens is 1. The SMILES string of the molecule is CCc1noc(C)c1C(=O)N1CCN([C@H](C#N)C2CCCCC2)CC1. The molecule has 6 heteroatoms. The first kappa shape index (κ1) is 17.9. The van der Waals surface area contributed by atoms with Gasteiger partial charge in [0.05, 0.1) is 11.8 Å². The number of carbonyl (C=O) groups is 1. The number of carbonyl (C=O) groups excluding carboxylic acids is 1. The molecule has 2 heterocycles. The second kappa shape index (κ2) is 8.01. The highest BCUT2D eigenvalue weighted by molar-refractivity contribution is 5.96. The van der Waals surface area contributed by atoms with Gasteiger partial charge in [-0.3, -0.25) is 9.69 Å². The Bertz CT molecular complexity index is 634. The molecular weight excluding hydrogens is 316 g/mol. The summed E-state index contributed by atoms with van der Waals surface area (Å²) in [5, 5.41) is 13.7. The molecule has 1 atom stereocenters.